The Bertz CT molecular complexity index is 1350. The SMILES string of the molecule is CC/C=C\C/C=C\C/C=C\C/C=C\CCC(=O)OC(CO)COP(=O)(O)OCC(COC(=O)CCCCCCCCCCC)OC(=O)CCCCCCC/C=C\C/C=C\CCCCC. The van der Waals surface area contributed by atoms with Crippen molar-refractivity contribution in [3.63, 3.8) is 0 Å². The summed E-state index contributed by atoms with van der Waals surface area (Å²) in [5.41, 5.74) is 0. The van der Waals surface area contributed by atoms with Crippen molar-refractivity contribution in [3.05, 3.63) is 72.9 Å². The van der Waals surface area contributed by atoms with E-state index in [1.165, 1.54) is 51.4 Å². The van der Waals surface area contributed by atoms with E-state index in [1.807, 2.05) is 18.2 Å². The van der Waals surface area contributed by atoms with Gasteiger partial charge >= 0.3 is 25.7 Å². The lowest BCUT2D eigenvalue weighted by atomic mass is 10.1. The molecule has 0 amide bonds. The van der Waals surface area contributed by atoms with Crippen LogP contribution in [0, 0.1) is 0 Å². The summed E-state index contributed by atoms with van der Waals surface area (Å²) in [6, 6.07) is 0. The molecule has 0 aromatic rings. The Morgan fingerprint density at radius 1 is 0.453 bits per heavy atom. The molecule has 0 aliphatic heterocycles. The topological polar surface area (TPSA) is 155 Å². The zero-order valence-electron chi connectivity index (χ0n) is 40.2. The molecular formula is C52H89O11P. The molecule has 0 aliphatic rings. The Hall–Kier alpha value is -3.08. The molecule has 0 saturated heterocycles. The number of hydrogen-bond acceptors (Lipinski definition) is 10. The lowest BCUT2D eigenvalue weighted by Crippen LogP contribution is -2.30. The number of esters is 3. The van der Waals surface area contributed by atoms with Gasteiger partial charge in [-0.2, -0.15) is 0 Å². The lowest BCUT2D eigenvalue weighted by Gasteiger charge is -2.21. The molecule has 0 radical (unpaired) electrons. The molecule has 12 heteroatoms. The average Bonchev–Trinajstić information content (AvgIpc) is 3.28. The van der Waals surface area contributed by atoms with Crippen LogP contribution >= 0.6 is 7.82 Å². The van der Waals surface area contributed by atoms with Crippen LogP contribution in [0.25, 0.3) is 0 Å². The maximum atomic E-state index is 12.8. The number of carbonyl (C=O) groups is 3. The average molecular weight is 921 g/mol. The number of allylic oxidation sites excluding steroid dienone is 12. The molecule has 0 rings (SSSR count). The van der Waals surface area contributed by atoms with E-state index in [9.17, 15) is 28.9 Å². The van der Waals surface area contributed by atoms with Crippen molar-refractivity contribution in [2.75, 3.05) is 26.4 Å². The van der Waals surface area contributed by atoms with Gasteiger partial charge in [0.1, 0.15) is 12.7 Å². The van der Waals surface area contributed by atoms with Gasteiger partial charge in [-0.15, -0.1) is 0 Å². The Morgan fingerprint density at radius 2 is 0.844 bits per heavy atom. The van der Waals surface area contributed by atoms with Gasteiger partial charge in [-0.05, 0) is 77.0 Å². The molecule has 0 aromatic carbocycles. The number of aliphatic hydroxyl groups excluding tert-OH is 1. The quantitative estimate of drug-likeness (QED) is 0.0197. The van der Waals surface area contributed by atoms with E-state index < -0.39 is 57.8 Å². The maximum Gasteiger partial charge on any atom is 0.472 e. The molecular weight excluding hydrogens is 832 g/mol. The zero-order chi connectivity index (χ0) is 47.0. The molecule has 3 unspecified atom stereocenters. The van der Waals surface area contributed by atoms with Gasteiger partial charge < -0.3 is 24.2 Å². The predicted molar refractivity (Wildman–Crippen MR) is 261 cm³/mol. The Kier molecular flexibility index (Phi) is 44.2. The highest BCUT2D eigenvalue weighted by Crippen LogP contribution is 2.43. The summed E-state index contributed by atoms with van der Waals surface area (Å²) in [5.74, 6) is -1.57. The molecule has 0 aromatic heterocycles. The van der Waals surface area contributed by atoms with Gasteiger partial charge in [-0.3, -0.25) is 23.4 Å². The highest BCUT2D eigenvalue weighted by Gasteiger charge is 2.28. The van der Waals surface area contributed by atoms with E-state index in [0.717, 1.165) is 89.9 Å². The normalized spacial score (nSPS) is 14.1. The fraction of sp³-hybridized carbons (Fsp3) is 0.712. The lowest BCUT2D eigenvalue weighted by molar-refractivity contribution is -0.161. The van der Waals surface area contributed by atoms with E-state index in [1.54, 1.807) is 0 Å². The first-order chi connectivity index (χ1) is 31.2. The molecule has 0 bridgehead atoms. The van der Waals surface area contributed by atoms with Crippen LogP contribution in [0.4, 0.5) is 0 Å². The minimum absolute atomic E-state index is 0.0536. The van der Waals surface area contributed by atoms with Crippen LogP contribution < -0.4 is 0 Å². The molecule has 368 valence electrons. The Labute approximate surface area is 388 Å². The summed E-state index contributed by atoms with van der Waals surface area (Å²) in [4.78, 5) is 48.1. The van der Waals surface area contributed by atoms with Crippen molar-refractivity contribution in [2.24, 2.45) is 0 Å². The third-order valence-corrected chi connectivity index (χ3v) is 11.1. The van der Waals surface area contributed by atoms with Gasteiger partial charge in [-0.25, -0.2) is 4.57 Å². The summed E-state index contributed by atoms with van der Waals surface area (Å²) in [6.45, 7) is 4.35. The number of rotatable bonds is 45. The maximum absolute atomic E-state index is 12.8. The number of unbranched alkanes of at least 4 members (excludes halogenated alkanes) is 16. The van der Waals surface area contributed by atoms with Crippen molar-refractivity contribution in [2.45, 2.75) is 213 Å². The second-order valence-electron chi connectivity index (χ2n) is 16.2. The van der Waals surface area contributed by atoms with E-state index in [-0.39, 0.29) is 25.9 Å². The molecule has 0 saturated carbocycles. The first-order valence-electron chi connectivity index (χ1n) is 24.8. The summed E-state index contributed by atoms with van der Waals surface area (Å²) in [5, 5.41) is 9.73. The molecule has 3 atom stereocenters. The molecule has 2 N–H and O–H groups in total. The van der Waals surface area contributed by atoms with Gasteiger partial charge in [0.15, 0.2) is 6.10 Å². The Balaban J connectivity index is 4.81. The van der Waals surface area contributed by atoms with Gasteiger partial charge in [0.2, 0.25) is 0 Å². The van der Waals surface area contributed by atoms with E-state index in [4.69, 9.17) is 23.3 Å². The van der Waals surface area contributed by atoms with Crippen molar-refractivity contribution >= 4 is 25.7 Å². The molecule has 0 fully saturated rings. The molecule has 11 nitrogen and oxygen atoms in total. The molecule has 64 heavy (non-hydrogen) atoms. The number of phosphoric ester groups is 1. The fourth-order valence-corrected chi connectivity index (χ4v) is 7.12. The third-order valence-electron chi connectivity index (χ3n) is 10.1. The third kappa shape index (κ3) is 44.1. The fourth-order valence-electron chi connectivity index (χ4n) is 6.34. The highest BCUT2D eigenvalue weighted by molar-refractivity contribution is 7.47. The summed E-state index contributed by atoms with van der Waals surface area (Å²) >= 11 is 0. The number of carbonyl (C=O) groups excluding carboxylic acids is 3. The Morgan fingerprint density at radius 3 is 1.38 bits per heavy atom. The van der Waals surface area contributed by atoms with Gasteiger partial charge in [0, 0.05) is 19.3 Å². The van der Waals surface area contributed by atoms with Crippen molar-refractivity contribution in [1.82, 2.24) is 0 Å². The van der Waals surface area contributed by atoms with Crippen LogP contribution in [0.5, 0.6) is 0 Å². The van der Waals surface area contributed by atoms with Crippen LogP contribution in [0.15, 0.2) is 72.9 Å². The number of hydrogen-bond donors (Lipinski definition) is 2. The minimum Gasteiger partial charge on any atom is -0.462 e. The first-order valence-corrected chi connectivity index (χ1v) is 26.3. The summed E-state index contributed by atoms with van der Waals surface area (Å²) in [6.07, 6.45) is 49.0. The molecule has 0 aliphatic carbocycles. The summed E-state index contributed by atoms with van der Waals surface area (Å²) < 4.78 is 39.1. The first kappa shape index (κ1) is 60.9. The second kappa shape index (κ2) is 46.4. The largest absolute Gasteiger partial charge is 0.472 e. The number of phosphoric acid groups is 1. The van der Waals surface area contributed by atoms with Gasteiger partial charge in [-0.1, -0.05) is 177 Å². The van der Waals surface area contributed by atoms with Crippen molar-refractivity contribution in [3.8, 4) is 0 Å². The van der Waals surface area contributed by atoms with Crippen LogP contribution in [-0.2, 0) is 42.2 Å². The zero-order valence-corrected chi connectivity index (χ0v) is 41.1. The van der Waals surface area contributed by atoms with Crippen molar-refractivity contribution < 1.29 is 52.2 Å². The van der Waals surface area contributed by atoms with E-state index >= 15 is 0 Å². The smallest absolute Gasteiger partial charge is 0.462 e. The molecule has 0 spiro atoms. The standard InChI is InChI=1S/C52H89O11P/c1-4-7-10-13-16-19-21-23-24-26-28-31-34-37-40-43-52(56)63-49(45-59-50(54)41-38-35-32-29-18-15-12-9-6-3)47-61-64(57,58)60-46-48(44-53)62-51(55)42-39-36-33-30-27-25-22-20-17-14-11-8-5-2/h8,11,16-17,19-20,23-25,27,33,36,48-49,53H,4-7,9-10,12-15,18,21-22,26,28-32,34-35,37-47H2,1-3H3,(H,57,58)/b11-8-,19-16-,20-17-,24-23-,27-25-,36-33-. The van der Waals surface area contributed by atoms with Crippen LogP contribution in [0.3, 0.4) is 0 Å². The summed E-state index contributed by atoms with van der Waals surface area (Å²) in [7, 11) is -4.76. The van der Waals surface area contributed by atoms with Crippen molar-refractivity contribution in [1.29, 1.82) is 0 Å². The second-order valence-corrected chi connectivity index (χ2v) is 17.7. The number of aliphatic hydroxyl groups is 1. The van der Waals surface area contributed by atoms with Gasteiger partial charge in [0.05, 0.1) is 19.8 Å². The van der Waals surface area contributed by atoms with Crippen LogP contribution in [-0.4, -0.2) is 66.5 Å². The minimum atomic E-state index is -4.76. The predicted octanol–water partition coefficient (Wildman–Crippen LogP) is 13.8. The van der Waals surface area contributed by atoms with E-state index in [2.05, 4.69) is 75.5 Å². The van der Waals surface area contributed by atoms with E-state index in [0.29, 0.717) is 19.3 Å². The number of ether oxygens (including phenoxy) is 3. The highest BCUT2D eigenvalue weighted by atomic mass is 31.2. The molecule has 0 heterocycles. The van der Waals surface area contributed by atoms with Gasteiger partial charge in [0.25, 0.3) is 0 Å². The monoisotopic (exact) mass is 921 g/mol. The van der Waals surface area contributed by atoms with Crippen LogP contribution in [0.1, 0.15) is 201 Å². The van der Waals surface area contributed by atoms with Crippen LogP contribution in [0.2, 0.25) is 0 Å².